The first kappa shape index (κ1) is 27.6. The second-order valence-corrected chi connectivity index (χ2v) is 10.1. The maximum Gasteiger partial charge on any atom is 0.421 e. The molecule has 1 aromatic carbocycles. The van der Waals surface area contributed by atoms with Crippen LogP contribution in [-0.4, -0.2) is 47.7 Å². The van der Waals surface area contributed by atoms with Gasteiger partial charge in [0.15, 0.2) is 0 Å². The van der Waals surface area contributed by atoms with Gasteiger partial charge in [-0.05, 0) is 30.2 Å². The van der Waals surface area contributed by atoms with Crippen LogP contribution in [0.2, 0.25) is 0 Å². The molecule has 0 fully saturated rings. The molecule has 0 aliphatic rings. The molecule has 1 unspecified atom stereocenters. The van der Waals surface area contributed by atoms with Crippen molar-refractivity contribution in [1.29, 1.82) is 0 Å². The lowest BCUT2D eigenvalue weighted by Gasteiger charge is -2.20. The summed E-state index contributed by atoms with van der Waals surface area (Å²) in [7, 11) is -2.36. The normalized spacial score (nSPS) is 12.6. The molecule has 3 rings (SSSR count). The lowest BCUT2D eigenvalue weighted by atomic mass is 9.96. The summed E-state index contributed by atoms with van der Waals surface area (Å²) in [5.74, 6) is -2.22. The fourth-order valence-electron chi connectivity index (χ4n) is 3.45. The lowest BCUT2D eigenvalue weighted by molar-refractivity contribution is -0.139. The molecule has 0 saturated carbocycles. The van der Waals surface area contributed by atoms with Crippen molar-refractivity contribution in [3.05, 3.63) is 65.5 Å². The molecular weight excluding hydrogens is 513 g/mol. The number of aliphatic carboxylic acids is 1. The van der Waals surface area contributed by atoms with Crippen molar-refractivity contribution in [2.75, 3.05) is 28.2 Å². The lowest BCUT2D eigenvalue weighted by Crippen LogP contribution is -2.27. The highest BCUT2D eigenvalue weighted by Gasteiger charge is 2.35. The van der Waals surface area contributed by atoms with E-state index < -0.39 is 39.5 Å². The van der Waals surface area contributed by atoms with Crippen LogP contribution in [0.15, 0.2) is 48.8 Å². The van der Waals surface area contributed by atoms with Crippen molar-refractivity contribution >= 4 is 39.3 Å². The number of carboxylic acids is 1. The molecule has 0 aliphatic carbocycles. The van der Waals surface area contributed by atoms with Gasteiger partial charge >= 0.3 is 12.1 Å². The highest BCUT2D eigenvalue weighted by atomic mass is 32.2. The number of anilines is 4. The van der Waals surface area contributed by atoms with E-state index in [1.807, 2.05) is 0 Å². The number of sulfonamides is 1. The highest BCUT2D eigenvalue weighted by molar-refractivity contribution is 7.92. The molecule has 3 N–H and O–H groups in total. The molecule has 37 heavy (non-hydrogen) atoms. The third-order valence-electron chi connectivity index (χ3n) is 5.48. The molecule has 0 amide bonds. The van der Waals surface area contributed by atoms with Gasteiger partial charge in [-0.15, -0.1) is 0 Å². The zero-order valence-electron chi connectivity index (χ0n) is 20.1. The molecule has 0 radical (unpaired) electrons. The summed E-state index contributed by atoms with van der Waals surface area (Å²) < 4.78 is 65.7. The number of carbonyl (C=O) groups is 1. The molecule has 0 spiro atoms. The van der Waals surface area contributed by atoms with Gasteiger partial charge in [0.1, 0.15) is 17.2 Å². The first-order valence-corrected chi connectivity index (χ1v) is 12.8. The molecule has 10 nitrogen and oxygen atoms in total. The number of alkyl halides is 3. The number of halogens is 3. The standard InChI is InChI=1S/C23H25F3N6O4S/c1-4-17(21(33)34)14-7-9-16(10-8-14)30-22-29-13-18(23(24,25)26)19(31-22)28-12-15-6-5-11-27-20(15)32(2)37(3,35)36/h5-11,13,17H,4,12H2,1-3H3,(H,33,34)(H2,28,29,30,31). The molecule has 2 heterocycles. The van der Waals surface area contributed by atoms with Gasteiger partial charge in [0.25, 0.3) is 0 Å². The third-order valence-corrected chi connectivity index (χ3v) is 6.65. The Morgan fingerprint density at radius 2 is 1.84 bits per heavy atom. The number of carboxylic acid groups (broad SMARTS) is 1. The van der Waals surface area contributed by atoms with Gasteiger partial charge < -0.3 is 15.7 Å². The van der Waals surface area contributed by atoms with E-state index in [0.717, 1.165) is 10.6 Å². The Hall–Kier alpha value is -3.94. The summed E-state index contributed by atoms with van der Waals surface area (Å²) in [5, 5.41) is 14.7. The van der Waals surface area contributed by atoms with Crippen molar-refractivity contribution in [2.45, 2.75) is 32.0 Å². The number of nitrogens with zero attached hydrogens (tertiary/aromatic N) is 4. The third kappa shape index (κ3) is 6.84. The van der Waals surface area contributed by atoms with Gasteiger partial charge in [0.2, 0.25) is 16.0 Å². The molecule has 0 bridgehead atoms. The number of hydrogen-bond acceptors (Lipinski definition) is 8. The minimum absolute atomic E-state index is 0.0605. The predicted octanol–water partition coefficient (Wildman–Crippen LogP) is 4.22. The topological polar surface area (TPSA) is 137 Å². The first-order valence-electron chi connectivity index (χ1n) is 11.0. The fraction of sp³-hybridized carbons (Fsp3) is 0.304. The minimum atomic E-state index is -4.75. The van der Waals surface area contributed by atoms with Crippen molar-refractivity contribution in [3.63, 3.8) is 0 Å². The summed E-state index contributed by atoms with van der Waals surface area (Å²) in [5.41, 5.74) is 0.250. The minimum Gasteiger partial charge on any atom is -0.481 e. The molecule has 0 aliphatic heterocycles. The number of aromatic nitrogens is 3. The predicted molar refractivity (Wildman–Crippen MR) is 132 cm³/mol. The van der Waals surface area contributed by atoms with Crippen LogP contribution in [-0.2, 0) is 27.5 Å². The smallest absolute Gasteiger partial charge is 0.421 e. The Kier molecular flexibility index (Phi) is 8.21. The van der Waals surface area contributed by atoms with E-state index in [0.29, 0.717) is 29.4 Å². The zero-order chi connectivity index (χ0) is 27.4. The first-order chi connectivity index (χ1) is 17.3. The van der Waals surface area contributed by atoms with Gasteiger partial charge in [0, 0.05) is 37.2 Å². The molecule has 3 aromatic rings. The molecule has 14 heteroatoms. The summed E-state index contributed by atoms with van der Waals surface area (Å²) in [6.45, 7) is 1.55. The number of nitrogens with one attached hydrogen (secondary N) is 2. The number of hydrogen-bond donors (Lipinski definition) is 3. The van der Waals surface area contributed by atoms with Crippen molar-refractivity contribution < 1.29 is 31.5 Å². The van der Waals surface area contributed by atoms with Crippen LogP contribution in [0, 0.1) is 0 Å². The van der Waals surface area contributed by atoms with E-state index in [1.165, 1.54) is 25.4 Å². The van der Waals surface area contributed by atoms with Crippen LogP contribution in [0.4, 0.5) is 36.4 Å². The summed E-state index contributed by atoms with van der Waals surface area (Å²) >= 11 is 0. The quantitative estimate of drug-likeness (QED) is 0.346. The van der Waals surface area contributed by atoms with Crippen LogP contribution < -0.4 is 14.9 Å². The molecular formula is C23H25F3N6O4S. The molecule has 1 atom stereocenters. The van der Waals surface area contributed by atoms with Crippen LogP contribution >= 0.6 is 0 Å². The Morgan fingerprint density at radius 3 is 2.41 bits per heavy atom. The second kappa shape index (κ2) is 11.0. The van der Waals surface area contributed by atoms with Crippen LogP contribution in [0.3, 0.4) is 0 Å². The second-order valence-electron chi connectivity index (χ2n) is 8.07. The van der Waals surface area contributed by atoms with Gasteiger partial charge in [0.05, 0.1) is 12.2 Å². The Bertz CT molecular complexity index is 1370. The van der Waals surface area contributed by atoms with Crippen molar-refractivity contribution in [3.8, 4) is 0 Å². The van der Waals surface area contributed by atoms with Crippen LogP contribution in [0.25, 0.3) is 0 Å². The average Bonchev–Trinajstić information content (AvgIpc) is 2.82. The number of rotatable bonds is 10. The van der Waals surface area contributed by atoms with Crippen LogP contribution in [0.5, 0.6) is 0 Å². The SMILES string of the molecule is CCC(C(=O)O)c1ccc(Nc2ncc(C(F)(F)F)c(NCc3cccnc3N(C)S(C)(=O)=O)n2)cc1. The Morgan fingerprint density at radius 1 is 1.16 bits per heavy atom. The summed E-state index contributed by atoms with van der Waals surface area (Å²) in [6.07, 6.45) is -1.36. The summed E-state index contributed by atoms with van der Waals surface area (Å²) in [6, 6.07) is 9.44. The monoisotopic (exact) mass is 538 g/mol. The van der Waals surface area contributed by atoms with Gasteiger partial charge in [-0.2, -0.15) is 18.2 Å². The van der Waals surface area contributed by atoms with Crippen molar-refractivity contribution in [2.24, 2.45) is 0 Å². The Labute approximate surface area is 211 Å². The van der Waals surface area contributed by atoms with Crippen LogP contribution in [0.1, 0.15) is 36.0 Å². The van der Waals surface area contributed by atoms with Crippen molar-refractivity contribution in [1.82, 2.24) is 15.0 Å². The maximum atomic E-state index is 13.6. The highest BCUT2D eigenvalue weighted by Crippen LogP contribution is 2.34. The Balaban J connectivity index is 1.87. The summed E-state index contributed by atoms with van der Waals surface area (Å²) in [4.78, 5) is 23.1. The van der Waals surface area contributed by atoms with Gasteiger partial charge in [-0.25, -0.2) is 18.4 Å². The fourth-order valence-corrected chi connectivity index (χ4v) is 3.93. The molecule has 198 valence electrons. The molecule has 2 aromatic heterocycles. The van der Waals surface area contributed by atoms with E-state index in [4.69, 9.17) is 0 Å². The van der Waals surface area contributed by atoms with Gasteiger partial charge in [-0.3, -0.25) is 9.10 Å². The van der Waals surface area contributed by atoms with E-state index in [9.17, 15) is 31.5 Å². The zero-order valence-corrected chi connectivity index (χ0v) is 20.9. The number of benzene rings is 1. The average molecular weight is 539 g/mol. The van der Waals surface area contributed by atoms with E-state index in [1.54, 1.807) is 31.2 Å². The van der Waals surface area contributed by atoms with Gasteiger partial charge in [-0.1, -0.05) is 25.1 Å². The molecule has 0 saturated heterocycles. The van der Waals surface area contributed by atoms with E-state index >= 15 is 0 Å². The maximum absolute atomic E-state index is 13.6. The van der Waals surface area contributed by atoms with E-state index in [-0.39, 0.29) is 18.3 Å². The number of pyridine rings is 1. The van der Waals surface area contributed by atoms with E-state index in [2.05, 4.69) is 25.6 Å². The largest absolute Gasteiger partial charge is 0.481 e.